The first-order valence-corrected chi connectivity index (χ1v) is 9.53. The van der Waals surface area contributed by atoms with Gasteiger partial charge in [0.15, 0.2) is 0 Å². The third-order valence-electron chi connectivity index (χ3n) is 5.02. The molecule has 1 aromatic rings. The molecule has 3 rings (SSSR count). The van der Waals surface area contributed by atoms with E-state index in [1.165, 1.54) is 7.11 Å². The first-order valence-electron chi connectivity index (χ1n) is 9.53. The molecule has 2 fully saturated rings. The molecule has 162 valence electrons. The Morgan fingerprint density at radius 2 is 1.83 bits per heavy atom. The van der Waals surface area contributed by atoms with Crippen LogP contribution < -0.4 is 10.6 Å². The van der Waals surface area contributed by atoms with Crippen LogP contribution >= 0.6 is 0 Å². The van der Waals surface area contributed by atoms with E-state index in [-0.39, 0.29) is 18.5 Å². The molecule has 2 saturated heterocycles. The van der Waals surface area contributed by atoms with Crippen LogP contribution in [0.2, 0.25) is 0 Å². The molecule has 0 aromatic heterocycles. The third kappa shape index (κ3) is 5.45. The van der Waals surface area contributed by atoms with Gasteiger partial charge in [-0.05, 0) is 24.3 Å². The Morgan fingerprint density at radius 3 is 2.43 bits per heavy atom. The van der Waals surface area contributed by atoms with E-state index in [2.05, 4.69) is 14.6 Å². The number of cyclic esters (lactones) is 1. The monoisotopic (exact) mass is 419 g/mol. The predicted molar refractivity (Wildman–Crippen MR) is 108 cm³/mol. The summed E-state index contributed by atoms with van der Waals surface area (Å²) in [5.41, 5.74) is 6.96. The molecular formula is C19H25N5O6. The average molecular weight is 419 g/mol. The van der Waals surface area contributed by atoms with Gasteiger partial charge in [-0.2, -0.15) is 4.99 Å². The quantitative estimate of drug-likeness (QED) is 0.488. The lowest BCUT2D eigenvalue weighted by molar-refractivity contribution is -0.138. The minimum absolute atomic E-state index is 0.0253. The van der Waals surface area contributed by atoms with Gasteiger partial charge >= 0.3 is 18.2 Å². The maximum absolute atomic E-state index is 12.3. The first-order chi connectivity index (χ1) is 14.4. The zero-order valence-electron chi connectivity index (χ0n) is 16.7. The maximum atomic E-state index is 12.3. The van der Waals surface area contributed by atoms with Crippen LogP contribution in [-0.4, -0.2) is 97.9 Å². The number of nitrogens with zero attached hydrogens (tertiary/aromatic N) is 4. The van der Waals surface area contributed by atoms with Crippen LogP contribution in [0, 0.1) is 0 Å². The van der Waals surface area contributed by atoms with Crippen molar-refractivity contribution in [3.05, 3.63) is 29.8 Å². The number of aliphatic imine (C=N–C) groups is 1. The van der Waals surface area contributed by atoms with Crippen molar-refractivity contribution in [2.75, 3.05) is 57.8 Å². The van der Waals surface area contributed by atoms with Crippen LogP contribution in [0.3, 0.4) is 0 Å². The topological polar surface area (TPSA) is 138 Å². The molecule has 2 aliphatic heterocycles. The summed E-state index contributed by atoms with van der Waals surface area (Å²) in [6, 6.07) is 6.76. The summed E-state index contributed by atoms with van der Waals surface area (Å²) in [7, 11) is 1.22. The number of benzene rings is 1. The Labute approximate surface area is 173 Å². The molecule has 30 heavy (non-hydrogen) atoms. The molecule has 0 bridgehead atoms. The molecule has 0 spiro atoms. The van der Waals surface area contributed by atoms with Gasteiger partial charge in [0.25, 0.3) is 0 Å². The van der Waals surface area contributed by atoms with Crippen molar-refractivity contribution >= 4 is 29.7 Å². The highest BCUT2D eigenvalue weighted by Crippen LogP contribution is 2.23. The molecule has 0 radical (unpaired) electrons. The number of amides is 2. The summed E-state index contributed by atoms with van der Waals surface area (Å²) in [5.74, 6) is -0.800. The number of hydrogen-bond donors (Lipinski definition) is 2. The van der Waals surface area contributed by atoms with Crippen molar-refractivity contribution in [1.29, 1.82) is 0 Å². The molecule has 3 N–H and O–H groups in total. The van der Waals surface area contributed by atoms with Crippen molar-refractivity contribution in [3.63, 3.8) is 0 Å². The highest BCUT2D eigenvalue weighted by atomic mass is 16.6. The van der Waals surface area contributed by atoms with Gasteiger partial charge < -0.3 is 20.3 Å². The number of nitrogens with two attached hydrogens (primary N) is 1. The van der Waals surface area contributed by atoms with E-state index in [0.717, 1.165) is 13.1 Å². The number of methoxy groups -OCH3 is 1. The van der Waals surface area contributed by atoms with Gasteiger partial charge in [-0.25, -0.2) is 9.59 Å². The van der Waals surface area contributed by atoms with E-state index < -0.39 is 18.2 Å². The summed E-state index contributed by atoms with van der Waals surface area (Å²) in [5, 5.41) is 8.87. The Hall–Kier alpha value is -3.18. The molecule has 11 nitrogen and oxygen atoms in total. The lowest BCUT2D eigenvalue weighted by Gasteiger charge is -2.34. The van der Waals surface area contributed by atoms with Crippen molar-refractivity contribution in [3.8, 4) is 0 Å². The number of piperazine rings is 1. The second kappa shape index (κ2) is 9.55. The van der Waals surface area contributed by atoms with Crippen LogP contribution in [0.4, 0.5) is 15.3 Å². The number of rotatable bonds is 6. The lowest BCUT2D eigenvalue weighted by Crippen LogP contribution is -2.50. The normalized spacial score (nSPS) is 20.8. The van der Waals surface area contributed by atoms with Gasteiger partial charge in [0.2, 0.25) is 0 Å². The number of amidine groups is 1. The molecule has 1 aromatic carbocycles. The number of carboxylic acids is 1. The van der Waals surface area contributed by atoms with Crippen LogP contribution in [0.25, 0.3) is 0 Å². The fourth-order valence-electron chi connectivity index (χ4n) is 3.46. The fraction of sp³-hybridized carbons (Fsp3) is 0.474. The molecule has 0 unspecified atom stereocenters. The number of carbonyl (C=O) groups is 3. The molecule has 2 heterocycles. The molecule has 1 atom stereocenters. The first kappa shape index (κ1) is 21.5. The van der Waals surface area contributed by atoms with Gasteiger partial charge in [-0.3, -0.25) is 19.5 Å². The van der Waals surface area contributed by atoms with Crippen LogP contribution in [-0.2, 0) is 14.3 Å². The van der Waals surface area contributed by atoms with Gasteiger partial charge in [0, 0.05) is 44.0 Å². The summed E-state index contributed by atoms with van der Waals surface area (Å²) in [6.45, 7) is 3.87. The maximum Gasteiger partial charge on any atom is 0.435 e. The second-order valence-corrected chi connectivity index (χ2v) is 7.10. The number of anilines is 1. The van der Waals surface area contributed by atoms with Crippen LogP contribution in [0.15, 0.2) is 29.3 Å². The Bertz CT molecular complexity index is 819. The second-order valence-electron chi connectivity index (χ2n) is 7.10. The Morgan fingerprint density at radius 1 is 1.20 bits per heavy atom. The van der Waals surface area contributed by atoms with Crippen molar-refractivity contribution < 1.29 is 29.0 Å². The van der Waals surface area contributed by atoms with Gasteiger partial charge in [0.05, 0.1) is 20.2 Å². The smallest absolute Gasteiger partial charge is 0.435 e. The number of ether oxygens (including phenoxy) is 2. The van der Waals surface area contributed by atoms with E-state index in [1.807, 2.05) is 4.90 Å². The number of carboxylic acid groups (broad SMARTS) is 1. The largest absolute Gasteiger partial charge is 0.480 e. The highest BCUT2D eigenvalue weighted by molar-refractivity contribution is 6.03. The average Bonchev–Trinajstić information content (AvgIpc) is 3.09. The molecule has 0 aliphatic carbocycles. The minimum Gasteiger partial charge on any atom is -0.480 e. The molecular weight excluding hydrogens is 394 g/mol. The van der Waals surface area contributed by atoms with Crippen molar-refractivity contribution in [2.45, 2.75) is 6.10 Å². The summed E-state index contributed by atoms with van der Waals surface area (Å²) >= 11 is 0. The SMILES string of the molecule is COC(=O)/N=C(\N)c1ccc(N2C[C@@H](CN3CCN(CC(=O)O)CC3)OC2=O)cc1. The fourth-order valence-corrected chi connectivity index (χ4v) is 3.46. The zero-order valence-corrected chi connectivity index (χ0v) is 16.7. The lowest BCUT2D eigenvalue weighted by atomic mass is 10.1. The van der Waals surface area contributed by atoms with Crippen LogP contribution in [0.1, 0.15) is 5.56 Å². The summed E-state index contributed by atoms with van der Waals surface area (Å²) in [6.07, 6.45) is -1.48. The standard InChI is InChI=1S/C19H25N5O6/c1-29-18(27)21-17(20)13-2-4-14(5-3-13)24-11-15(30-19(24)28)10-22-6-8-23(9-7-22)12-16(25)26/h2-5,15H,6-12H2,1H3,(H,25,26)(H2,20,21,27)/t15-/m1/s1. The molecule has 11 heteroatoms. The van der Waals surface area contributed by atoms with E-state index in [1.54, 1.807) is 29.2 Å². The predicted octanol–water partition coefficient (Wildman–Crippen LogP) is 0.186. The van der Waals surface area contributed by atoms with Crippen molar-refractivity contribution in [1.82, 2.24) is 9.80 Å². The molecule has 2 aliphatic rings. The van der Waals surface area contributed by atoms with E-state index >= 15 is 0 Å². The minimum atomic E-state index is -0.826. The zero-order chi connectivity index (χ0) is 21.7. The Balaban J connectivity index is 1.54. The van der Waals surface area contributed by atoms with Gasteiger partial charge in [-0.1, -0.05) is 0 Å². The van der Waals surface area contributed by atoms with Crippen molar-refractivity contribution in [2.24, 2.45) is 10.7 Å². The molecule has 2 amide bonds. The van der Waals surface area contributed by atoms with E-state index in [0.29, 0.717) is 37.4 Å². The third-order valence-corrected chi connectivity index (χ3v) is 5.02. The van der Waals surface area contributed by atoms with Gasteiger partial charge in [-0.15, -0.1) is 0 Å². The van der Waals surface area contributed by atoms with Gasteiger partial charge in [0.1, 0.15) is 11.9 Å². The highest BCUT2D eigenvalue weighted by Gasteiger charge is 2.34. The number of aliphatic carboxylic acids is 1. The number of carbonyl (C=O) groups excluding carboxylic acids is 2. The molecule has 0 saturated carbocycles. The Kier molecular flexibility index (Phi) is 6.85. The van der Waals surface area contributed by atoms with Crippen LogP contribution in [0.5, 0.6) is 0 Å². The van der Waals surface area contributed by atoms with E-state index in [4.69, 9.17) is 15.6 Å². The summed E-state index contributed by atoms with van der Waals surface area (Å²) in [4.78, 5) is 43.5. The summed E-state index contributed by atoms with van der Waals surface area (Å²) < 4.78 is 9.95. The number of hydrogen-bond acceptors (Lipinski definition) is 7. The van der Waals surface area contributed by atoms with E-state index in [9.17, 15) is 14.4 Å².